The molecule has 1 aliphatic rings. The van der Waals surface area contributed by atoms with Crippen LogP contribution in [0.2, 0.25) is 0 Å². The largest absolute Gasteiger partial charge is 0.367 e. The lowest BCUT2D eigenvalue weighted by Crippen LogP contribution is -2.16. The molecule has 1 N–H and O–H groups in total. The number of aromatic nitrogens is 3. The minimum absolute atomic E-state index is 0.520. The van der Waals surface area contributed by atoms with Crippen molar-refractivity contribution in [1.29, 1.82) is 0 Å². The Kier molecular flexibility index (Phi) is 4.61. The van der Waals surface area contributed by atoms with E-state index in [9.17, 15) is 0 Å². The van der Waals surface area contributed by atoms with Crippen LogP contribution in [0.25, 0.3) is 27.5 Å². The second-order valence-corrected chi connectivity index (χ2v) is 8.89. The van der Waals surface area contributed by atoms with Crippen LogP contribution in [-0.4, -0.2) is 20.4 Å². The average Bonchev–Trinajstić information content (AvgIpc) is 3.42. The lowest BCUT2D eigenvalue weighted by Gasteiger charge is -2.16. The summed E-state index contributed by atoms with van der Waals surface area (Å²) in [6.07, 6.45) is 8.81. The zero-order chi connectivity index (χ0) is 18.2. The number of hydrogen-bond acceptors (Lipinski definition) is 4. The van der Waals surface area contributed by atoms with Gasteiger partial charge in [-0.1, -0.05) is 43.2 Å². The van der Waals surface area contributed by atoms with Gasteiger partial charge in [-0.3, -0.25) is 9.38 Å². The average molecular weight is 486 g/mol. The Hall–Kier alpha value is -1.93. The molecule has 0 unspecified atom stereocenters. The highest BCUT2D eigenvalue weighted by Crippen LogP contribution is 2.38. The molecule has 3 heterocycles. The van der Waals surface area contributed by atoms with Crippen molar-refractivity contribution in [3.05, 3.63) is 57.7 Å². The normalized spacial score (nSPS) is 14.9. The first-order chi connectivity index (χ1) is 13.3. The Morgan fingerprint density at radius 3 is 2.70 bits per heavy atom. The molecule has 1 saturated carbocycles. The minimum atomic E-state index is 0.520. The Balaban J connectivity index is 1.72. The number of nitrogens with zero attached hydrogens (tertiary/aromatic N) is 3. The van der Waals surface area contributed by atoms with Gasteiger partial charge in [-0.25, -0.2) is 4.98 Å². The first-order valence-corrected chi connectivity index (χ1v) is 11.2. The molecule has 1 aliphatic carbocycles. The van der Waals surface area contributed by atoms with Gasteiger partial charge in [-0.05, 0) is 47.1 Å². The maximum Gasteiger partial charge on any atom is 0.196 e. The summed E-state index contributed by atoms with van der Waals surface area (Å²) in [5, 5.41) is 6.04. The van der Waals surface area contributed by atoms with Crippen molar-refractivity contribution in [3.63, 3.8) is 0 Å². The highest BCUT2D eigenvalue weighted by atomic mass is 127. The van der Waals surface area contributed by atoms with E-state index in [0.29, 0.717) is 6.04 Å². The van der Waals surface area contributed by atoms with E-state index < -0.39 is 0 Å². The molecule has 6 heteroatoms. The number of halogens is 1. The number of imidazole rings is 1. The van der Waals surface area contributed by atoms with E-state index in [0.717, 1.165) is 25.6 Å². The van der Waals surface area contributed by atoms with Crippen molar-refractivity contribution in [2.75, 3.05) is 5.32 Å². The summed E-state index contributed by atoms with van der Waals surface area (Å²) in [5.74, 6) is 1.11. The summed E-state index contributed by atoms with van der Waals surface area (Å²) in [7, 11) is 0. The number of rotatable bonds is 4. The molecular formula is C21H19IN4S. The third-order valence-corrected chi connectivity index (χ3v) is 6.84. The number of benzene rings is 1. The third-order valence-electron chi connectivity index (χ3n) is 5.16. The second kappa shape index (κ2) is 7.24. The van der Waals surface area contributed by atoms with Gasteiger partial charge in [-0.2, -0.15) is 0 Å². The summed E-state index contributed by atoms with van der Waals surface area (Å²) < 4.78 is 3.42. The molecule has 0 atom stereocenters. The quantitative estimate of drug-likeness (QED) is 0.356. The Morgan fingerprint density at radius 2 is 1.93 bits per heavy atom. The van der Waals surface area contributed by atoms with Gasteiger partial charge >= 0.3 is 0 Å². The van der Waals surface area contributed by atoms with E-state index in [-0.39, 0.29) is 0 Å². The van der Waals surface area contributed by atoms with Crippen molar-refractivity contribution >= 4 is 44.7 Å². The molecule has 5 rings (SSSR count). The van der Waals surface area contributed by atoms with Crippen molar-refractivity contribution < 1.29 is 0 Å². The van der Waals surface area contributed by atoms with Crippen molar-refractivity contribution in [1.82, 2.24) is 14.4 Å². The number of nitrogens with one attached hydrogen (secondary N) is 1. The summed E-state index contributed by atoms with van der Waals surface area (Å²) in [5.41, 5.74) is 4.57. The molecule has 0 saturated heterocycles. The van der Waals surface area contributed by atoms with Gasteiger partial charge in [0.2, 0.25) is 0 Å². The van der Waals surface area contributed by atoms with Crippen LogP contribution in [0.15, 0.2) is 54.2 Å². The molecule has 0 spiro atoms. The fourth-order valence-electron chi connectivity index (χ4n) is 3.82. The highest BCUT2D eigenvalue weighted by Gasteiger charge is 2.24. The summed E-state index contributed by atoms with van der Waals surface area (Å²) in [6.45, 7) is 0. The molecule has 0 amide bonds. The molecule has 3 aromatic heterocycles. The number of hydrogen-bond donors (Lipinski definition) is 1. The predicted molar refractivity (Wildman–Crippen MR) is 120 cm³/mol. The zero-order valence-corrected chi connectivity index (χ0v) is 17.7. The lowest BCUT2D eigenvalue weighted by molar-refractivity contribution is 0.750. The van der Waals surface area contributed by atoms with Crippen LogP contribution in [0, 0.1) is 3.57 Å². The van der Waals surface area contributed by atoms with Crippen LogP contribution in [0.3, 0.4) is 0 Å². The maximum atomic E-state index is 5.02. The number of fused-ring (bicyclic) bond motifs is 1. The number of anilines is 1. The molecule has 0 bridgehead atoms. The van der Waals surface area contributed by atoms with Gasteiger partial charge in [0.15, 0.2) is 4.96 Å². The monoisotopic (exact) mass is 486 g/mol. The summed E-state index contributed by atoms with van der Waals surface area (Å²) in [4.78, 5) is 10.3. The fourth-order valence-corrected chi connectivity index (χ4v) is 5.32. The molecule has 0 aliphatic heterocycles. The SMILES string of the molecule is Ic1cnccc1-c1nc2scc(-c3ccccc3)n2c1NC1CCCC1. The van der Waals surface area contributed by atoms with E-state index >= 15 is 0 Å². The highest BCUT2D eigenvalue weighted by molar-refractivity contribution is 14.1. The van der Waals surface area contributed by atoms with Gasteiger partial charge in [0, 0.05) is 32.9 Å². The Morgan fingerprint density at radius 1 is 1.11 bits per heavy atom. The fraction of sp³-hybridized carbons (Fsp3) is 0.238. The molecule has 4 nitrogen and oxygen atoms in total. The first kappa shape index (κ1) is 17.2. The Bertz CT molecular complexity index is 1080. The van der Waals surface area contributed by atoms with Crippen molar-refractivity contribution in [3.8, 4) is 22.5 Å². The van der Waals surface area contributed by atoms with Crippen LogP contribution in [0.4, 0.5) is 5.82 Å². The van der Waals surface area contributed by atoms with Crippen LogP contribution >= 0.6 is 33.9 Å². The number of pyridine rings is 1. The smallest absolute Gasteiger partial charge is 0.196 e. The molecule has 1 fully saturated rings. The molecule has 136 valence electrons. The maximum absolute atomic E-state index is 5.02. The molecular weight excluding hydrogens is 467 g/mol. The van der Waals surface area contributed by atoms with Crippen LogP contribution < -0.4 is 5.32 Å². The van der Waals surface area contributed by atoms with Crippen LogP contribution in [-0.2, 0) is 0 Å². The van der Waals surface area contributed by atoms with E-state index in [4.69, 9.17) is 4.98 Å². The number of thiazole rings is 1. The van der Waals surface area contributed by atoms with E-state index in [1.54, 1.807) is 11.3 Å². The van der Waals surface area contributed by atoms with Gasteiger partial charge in [0.1, 0.15) is 11.5 Å². The lowest BCUT2D eigenvalue weighted by atomic mass is 10.1. The predicted octanol–water partition coefficient (Wildman–Crippen LogP) is 6.08. The van der Waals surface area contributed by atoms with Gasteiger partial charge < -0.3 is 5.32 Å². The molecule has 1 aromatic carbocycles. The van der Waals surface area contributed by atoms with Gasteiger partial charge in [0.25, 0.3) is 0 Å². The summed E-state index contributed by atoms with van der Waals surface area (Å²) >= 11 is 4.05. The third kappa shape index (κ3) is 3.14. The molecule has 0 radical (unpaired) electrons. The van der Waals surface area contributed by atoms with E-state index in [1.807, 2.05) is 12.4 Å². The summed E-state index contributed by atoms with van der Waals surface area (Å²) in [6, 6.07) is 13.2. The van der Waals surface area contributed by atoms with E-state index in [2.05, 4.69) is 79.1 Å². The van der Waals surface area contributed by atoms with Crippen LogP contribution in [0.5, 0.6) is 0 Å². The van der Waals surface area contributed by atoms with Crippen molar-refractivity contribution in [2.45, 2.75) is 31.7 Å². The van der Waals surface area contributed by atoms with E-state index in [1.165, 1.54) is 36.9 Å². The second-order valence-electron chi connectivity index (χ2n) is 6.90. The first-order valence-electron chi connectivity index (χ1n) is 9.23. The van der Waals surface area contributed by atoms with Crippen LogP contribution in [0.1, 0.15) is 25.7 Å². The molecule has 4 aromatic rings. The van der Waals surface area contributed by atoms with Gasteiger partial charge in [-0.15, -0.1) is 11.3 Å². The standard InChI is InChI=1S/C21H19IN4S/c22-17-12-23-11-10-16(17)19-20(24-15-8-4-5-9-15)26-18(13-27-21(26)25-19)14-6-2-1-3-7-14/h1-3,6-7,10-13,15,24H,4-5,8-9H2. The topological polar surface area (TPSA) is 42.2 Å². The van der Waals surface area contributed by atoms with Crippen molar-refractivity contribution in [2.24, 2.45) is 0 Å². The van der Waals surface area contributed by atoms with Gasteiger partial charge in [0.05, 0.1) is 5.69 Å². The Labute approximate surface area is 175 Å². The molecule has 27 heavy (non-hydrogen) atoms. The minimum Gasteiger partial charge on any atom is -0.367 e. The zero-order valence-electron chi connectivity index (χ0n) is 14.7.